The standard InChI is InChI=1S/C10H20N4/c1-5-13(9(2)3)6-7-14-10(4)11-8-12-14/h8-9H,5-7H2,1-4H3. The van der Waals surface area contributed by atoms with E-state index in [2.05, 4.69) is 35.8 Å². The van der Waals surface area contributed by atoms with E-state index in [1.165, 1.54) is 0 Å². The van der Waals surface area contributed by atoms with Gasteiger partial charge in [-0.1, -0.05) is 6.92 Å². The van der Waals surface area contributed by atoms with Crippen molar-refractivity contribution in [3.8, 4) is 0 Å². The van der Waals surface area contributed by atoms with Gasteiger partial charge in [0.05, 0.1) is 6.54 Å². The van der Waals surface area contributed by atoms with Gasteiger partial charge in [0.15, 0.2) is 0 Å². The normalized spacial score (nSPS) is 11.6. The summed E-state index contributed by atoms with van der Waals surface area (Å²) in [5.41, 5.74) is 0. The Morgan fingerprint density at radius 2 is 2.21 bits per heavy atom. The van der Waals surface area contributed by atoms with E-state index in [4.69, 9.17) is 0 Å². The summed E-state index contributed by atoms with van der Waals surface area (Å²) in [4.78, 5) is 6.52. The lowest BCUT2D eigenvalue weighted by atomic mass is 10.3. The Balaban J connectivity index is 2.43. The number of nitrogens with zero attached hydrogens (tertiary/aromatic N) is 4. The topological polar surface area (TPSA) is 34.0 Å². The smallest absolute Gasteiger partial charge is 0.138 e. The van der Waals surface area contributed by atoms with Crippen LogP contribution in [0.25, 0.3) is 0 Å². The molecule has 0 unspecified atom stereocenters. The quantitative estimate of drug-likeness (QED) is 0.712. The lowest BCUT2D eigenvalue weighted by Crippen LogP contribution is -2.33. The summed E-state index contributed by atoms with van der Waals surface area (Å²) in [5.74, 6) is 0.991. The zero-order chi connectivity index (χ0) is 10.6. The van der Waals surface area contributed by atoms with Crippen LogP contribution in [0, 0.1) is 6.92 Å². The third kappa shape index (κ3) is 2.80. The van der Waals surface area contributed by atoms with Crippen LogP contribution in [0.5, 0.6) is 0 Å². The highest BCUT2D eigenvalue weighted by molar-refractivity contribution is 4.78. The van der Waals surface area contributed by atoms with Crippen LogP contribution < -0.4 is 0 Å². The van der Waals surface area contributed by atoms with E-state index in [1.54, 1.807) is 6.33 Å². The van der Waals surface area contributed by atoms with E-state index in [0.29, 0.717) is 6.04 Å². The summed E-state index contributed by atoms with van der Waals surface area (Å²) in [7, 11) is 0. The first-order chi connectivity index (χ1) is 6.65. The zero-order valence-electron chi connectivity index (χ0n) is 9.56. The second kappa shape index (κ2) is 5.10. The van der Waals surface area contributed by atoms with Crippen LogP contribution in [0.2, 0.25) is 0 Å². The third-order valence-corrected chi connectivity index (χ3v) is 2.54. The van der Waals surface area contributed by atoms with Crippen molar-refractivity contribution in [1.82, 2.24) is 19.7 Å². The molecule has 0 aliphatic heterocycles. The Kier molecular flexibility index (Phi) is 4.07. The maximum atomic E-state index is 4.16. The number of hydrogen-bond donors (Lipinski definition) is 0. The molecule has 0 fully saturated rings. The molecule has 14 heavy (non-hydrogen) atoms. The number of aromatic nitrogens is 3. The first kappa shape index (κ1) is 11.2. The highest BCUT2D eigenvalue weighted by Crippen LogP contribution is 1.99. The van der Waals surface area contributed by atoms with Crippen molar-refractivity contribution in [2.75, 3.05) is 13.1 Å². The van der Waals surface area contributed by atoms with E-state index in [-0.39, 0.29) is 0 Å². The van der Waals surface area contributed by atoms with Gasteiger partial charge in [-0.25, -0.2) is 9.67 Å². The van der Waals surface area contributed by atoms with Crippen LogP contribution in [0.15, 0.2) is 6.33 Å². The van der Waals surface area contributed by atoms with Gasteiger partial charge in [0.2, 0.25) is 0 Å². The fourth-order valence-corrected chi connectivity index (χ4v) is 1.55. The molecule has 0 aromatic carbocycles. The molecule has 0 N–H and O–H groups in total. The van der Waals surface area contributed by atoms with Gasteiger partial charge >= 0.3 is 0 Å². The van der Waals surface area contributed by atoms with Gasteiger partial charge < -0.3 is 0 Å². The molecule has 1 aromatic rings. The van der Waals surface area contributed by atoms with Crippen LogP contribution in [-0.2, 0) is 6.54 Å². The summed E-state index contributed by atoms with van der Waals surface area (Å²) in [6, 6.07) is 0.601. The van der Waals surface area contributed by atoms with Gasteiger partial charge in [0.25, 0.3) is 0 Å². The molecule has 0 saturated carbocycles. The summed E-state index contributed by atoms with van der Waals surface area (Å²) in [5, 5.41) is 4.16. The largest absolute Gasteiger partial charge is 0.299 e. The maximum Gasteiger partial charge on any atom is 0.138 e. The van der Waals surface area contributed by atoms with Gasteiger partial charge in [-0.15, -0.1) is 0 Å². The molecule has 0 atom stereocenters. The second-order valence-electron chi connectivity index (χ2n) is 3.75. The molecule has 0 radical (unpaired) electrons. The summed E-state index contributed by atoms with van der Waals surface area (Å²) < 4.78 is 1.95. The van der Waals surface area contributed by atoms with Crippen molar-refractivity contribution < 1.29 is 0 Å². The highest BCUT2D eigenvalue weighted by atomic mass is 15.3. The molecule has 80 valence electrons. The lowest BCUT2D eigenvalue weighted by molar-refractivity contribution is 0.220. The van der Waals surface area contributed by atoms with Crippen LogP contribution >= 0.6 is 0 Å². The second-order valence-corrected chi connectivity index (χ2v) is 3.75. The lowest BCUT2D eigenvalue weighted by Gasteiger charge is -2.24. The van der Waals surface area contributed by atoms with E-state index in [0.717, 1.165) is 25.5 Å². The van der Waals surface area contributed by atoms with Crippen LogP contribution in [-0.4, -0.2) is 38.8 Å². The van der Waals surface area contributed by atoms with Crippen LogP contribution in [0.1, 0.15) is 26.6 Å². The number of rotatable bonds is 5. The summed E-state index contributed by atoms with van der Waals surface area (Å²) in [6.45, 7) is 11.7. The molecule has 0 aliphatic carbocycles. The monoisotopic (exact) mass is 196 g/mol. The molecule has 1 heterocycles. The maximum absolute atomic E-state index is 4.16. The predicted molar refractivity (Wildman–Crippen MR) is 57.1 cm³/mol. The molecule has 4 nitrogen and oxygen atoms in total. The Bertz CT molecular complexity index is 267. The molecule has 0 bridgehead atoms. The van der Waals surface area contributed by atoms with Crippen molar-refractivity contribution in [1.29, 1.82) is 0 Å². The van der Waals surface area contributed by atoms with Gasteiger partial charge in [-0.3, -0.25) is 4.90 Å². The predicted octanol–water partition coefficient (Wildman–Crippen LogP) is 1.32. The van der Waals surface area contributed by atoms with Crippen molar-refractivity contribution >= 4 is 0 Å². The Labute approximate surface area is 85.9 Å². The Hall–Kier alpha value is -0.900. The van der Waals surface area contributed by atoms with E-state index in [1.807, 2.05) is 11.6 Å². The van der Waals surface area contributed by atoms with Crippen molar-refractivity contribution in [2.45, 2.75) is 40.3 Å². The first-order valence-electron chi connectivity index (χ1n) is 5.23. The number of aryl methyl sites for hydroxylation is 1. The zero-order valence-corrected chi connectivity index (χ0v) is 9.56. The number of likely N-dealkylation sites (N-methyl/N-ethyl adjacent to an activating group) is 1. The molecule has 0 aliphatic rings. The highest BCUT2D eigenvalue weighted by Gasteiger charge is 2.07. The SMILES string of the molecule is CCN(CCn1ncnc1C)C(C)C. The molecule has 0 saturated heterocycles. The molecule has 1 aromatic heterocycles. The van der Waals surface area contributed by atoms with Crippen molar-refractivity contribution in [2.24, 2.45) is 0 Å². The number of hydrogen-bond acceptors (Lipinski definition) is 3. The fraction of sp³-hybridized carbons (Fsp3) is 0.800. The van der Waals surface area contributed by atoms with E-state index in [9.17, 15) is 0 Å². The molecule has 1 rings (SSSR count). The average molecular weight is 196 g/mol. The molecule has 0 spiro atoms. The van der Waals surface area contributed by atoms with E-state index < -0.39 is 0 Å². The minimum Gasteiger partial charge on any atom is -0.299 e. The molecular weight excluding hydrogens is 176 g/mol. The summed E-state index contributed by atoms with van der Waals surface area (Å²) >= 11 is 0. The van der Waals surface area contributed by atoms with Crippen LogP contribution in [0.4, 0.5) is 0 Å². The van der Waals surface area contributed by atoms with Crippen LogP contribution in [0.3, 0.4) is 0 Å². The molecule has 0 amide bonds. The summed E-state index contributed by atoms with van der Waals surface area (Å²) in [6.07, 6.45) is 1.61. The van der Waals surface area contributed by atoms with Gasteiger partial charge in [-0.2, -0.15) is 5.10 Å². The molecular formula is C10H20N4. The van der Waals surface area contributed by atoms with E-state index >= 15 is 0 Å². The van der Waals surface area contributed by atoms with Crippen molar-refractivity contribution in [3.05, 3.63) is 12.2 Å². The Morgan fingerprint density at radius 1 is 1.50 bits per heavy atom. The molecule has 4 heteroatoms. The average Bonchev–Trinajstić information content (AvgIpc) is 2.52. The van der Waals surface area contributed by atoms with Gasteiger partial charge in [-0.05, 0) is 27.3 Å². The van der Waals surface area contributed by atoms with Gasteiger partial charge in [0, 0.05) is 12.6 Å². The van der Waals surface area contributed by atoms with Gasteiger partial charge in [0.1, 0.15) is 12.2 Å². The first-order valence-corrected chi connectivity index (χ1v) is 5.23. The Morgan fingerprint density at radius 3 is 2.64 bits per heavy atom. The third-order valence-electron chi connectivity index (χ3n) is 2.54. The van der Waals surface area contributed by atoms with Crippen molar-refractivity contribution in [3.63, 3.8) is 0 Å². The minimum absolute atomic E-state index is 0.601. The fourth-order valence-electron chi connectivity index (χ4n) is 1.55. The minimum atomic E-state index is 0.601.